The van der Waals surface area contributed by atoms with Crippen LogP contribution in [0.1, 0.15) is 5.56 Å². The molecule has 5 heteroatoms. The maximum Gasteiger partial charge on any atom is 0.0642 e. The first kappa shape index (κ1) is 14.1. The Balaban J connectivity index is 1.77. The predicted molar refractivity (Wildman–Crippen MR) is 82.6 cm³/mol. The lowest BCUT2D eigenvalue weighted by Crippen LogP contribution is -2.43. The van der Waals surface area contributed by atoms with Crippen LogP contribution in [0.5, 0.6) is 0 Å². The van der Waals surface area contributed by atoms with Gasteiger partial charge in [0, 0.05) is 56.5 Å². The van der Waals surface area contributed by atoms with E-state index in [0.29, 0.717) is 0 Å². The summed E-state index contributed by atoms with van der Waals surface area (Å²) in [4.78, 5) is 4.91. The Labute approximate surface area is 125 Å². The largest absolute Gasteiger partial charge is 0.378 e. The molecule has 0 bridgehead atoms. The average Bonchev–Trinajstić information content (AvgIpc) is 2.49. The van der Waals surface area contributed by atoms with Crippen LogP contribution in [-0.4, -0.2) is 57.4 Å². The van der Waals surface area contributed by atoms with Crippen molar-refractivity contribution in [3.63, 3.8) is 0 Å². The molecule has 2 saturated heterocycles. The van der Waals surface area contributed by atoms with Gasteiger partial charge in [0.05, 0.1) is 13.2 Å². The number of ether oxygens (including phenoxy) is 1. The summed E-state index contributed by atoms with van der Waals surface area (Å²) in [7, 11) is 0. The Kier molecular flexibility index (Phi) is 4.78. The van der Waals surface area contributed by atoms with Gasteiger partial charge < -0.3 is 15.0 Å². The molecule has 2 fully saturated rings. The molecule has 110 valence electrons. The Hall–Kier alpha value is -0.810. The van der Waals surface area contributed by atoms with E-state index in [4.69, 9.17) is 16.3 Å². The molecule has 0 amide bonds. The fourth-order valence-electron chi connectivity index (χ4n) is 2.90. The van der Waals surface area contributed by atoms with Crippen LogP contribution in [0.3, 0.4) is 0 Å². The minimum atomic E-state index is 0.815. The molecule has 0 radical (unpaired) electrons. The number of anilines is 1. The number of nitrogens with one attached hydrogen (secondary N) is 1. The Morgan fingerprint density at radius 3 is 2.60 bits per heavy atom. The lowest BCUT2D eigenvalue weighted by Gasteiger charge is -2.33. The molecular weight excluding hydrogens is 274 g/mol. The molecule has 4 nitrogen and oxygen atoms in total. The third-order valence-corrected chi connectivity index (χ3v) is 4.23. The van der Waals surface area contributed by atoms with Crippen LogP contribution in [0.25, 0.3) is 0 Å². The van der Waals surface area contributed by atoms with Crippen LogP contribution in [-0.2, 0) is 11.3 Å². The summed E-state index contributed by atoms with van der Waals surface area (Å²) < 4.78 is 5.45. The maximum atomic E-state index is 6.20. The van der Waals surface area contributed by atoms with E-state index in [1.165, 1.54) is 11.3 Å². The van der Waals surface area contributed by atoms with Crippen LogP contribution in [0.15, 0.2) is 18.2 Å². The van der Waals surface area contributed by atoms with Gasteiger partial charge in [0.2, 0.25) is 0 Å². The van der Waals surface area contributed by atoms with Crippen molar-refractivity contribution in [1.29, 1.82) is 0 Å². The number of benzene rings is 1. The summed E-state index contributed by atoms with van der Waals surface area (Å²) >= 11 is 6.20. The number of piperazine rings is 1. The minimum Gasteiger partial charge on any atom is -0.378 e. The zero-order chi connectivity index (χ0) is 13.8. The van der Waals surface area contributed by atoms with Crippen molar-refractivity contribution in [1.82, 2.24) is 10.2 Å². The number of hydrogen-bond acceptors (Lipinski definition) is 4. The number of hydrogen-bond donors (Lipinski definition) is 1. The van der Waals surface area contributed by atoms with E-state index in [1.54, 1.807) is 0 Å². The summed E-state index contributed by atoms with van der Waals surface area (Å²) in [5.41, 5.74) is 2.65. The van der Waals surface area contributed by atoms with Crippen LogP contribution >= 0.6 is 11.6 Å². The van der Waals surface area contributed by atoms with Crippen LogP contribution < -0.4 is 10.2 Å². The summed E-state index contributed by atoms with van der Waals surface area (Å²) in [6.07, 6.45) is 0. The minimum absolute atomic E-state index is 0.815. The maximum absolute atomic E-state index is 6.20. The van der Waals surface area contributed by atoms with Gasteiger partial charge in [-0.15, -0.1) is 0 Å². The van der Waals surface area contributed by atoms with Gasteiger partial charge in [-0.1, -0.05) is 11.6 Å². The molecule has 1 aromatic carbocycles. The molecule has 2 heterocycles. The predicted octanol–water partition coefficient (Wildman–Crippen LogP) is 1.58. The van der Waals surface area contributed by atoms with Gasteiger partial charge in [0.15, 0.2) is 0 Å². The van der Waals surface area contributed by atoms with E-state index >= 15 is 0 Å². The molecule has 2 aliphatic heterocycles. The van der Waals surface area contributed by atoms with Gasteiger partial charge in [-0.25, -0.2) is 0 Å². The van der Waals surface area contributed by atoms with Crippen molar-refractivity contribution in [3.05, 3.63) is 28.8 Å². The zero-order valence-corrected chi connectivity index (χ0v) is 12.5. The van der Waals surface area contributed by atoms with E-state index in [-0.39, 0.29) is 0 Å². The van der Waals surface area contributed by atoms with E-state index in [1.807, 2.05) is 6.07 Å². The second kappa shape index (κ2) is 6.76. The zero-order valence-electron chi connectivity index (χ0n) is 11.8. The van der Waals surface area contributed by atoms with Gasteiger partial charge in [0.25, 0.3) is 0 Å². The Morgan fingerprint density at radius 2 is 1.85 bits per heavy atom. The van der Waals surface area contributed by atoms with Crippen molar-refractivity contribution in [3.8, 4) is 0 Å². The molecule has 0 unspecified atom stereocenters. The molecule has 0 spiro atoms. The molecule has 20 heavy (non-hydrogen) atoms. The second-order valence-corrected chi connectivity index (χ2v) is 5.84. The molecule has 3 rings (SSSR count). The highest BCUT2D eigenvalue weighted by Gasteiger charge is 2.17. The molecule has 0 aliphatic carbocycles. The lowest BCUT2D eigenvalue weighted by molar-refractivity contribution is 0.122. The molecule has 1 aromatic rings. The topological polar surface area (TPSA) is 27.7 Å². The average molecular weight is 296 g/mol. The first-order valence-corrected chi connectivity index (χ1v) is 7.75. The summed E-state index contributed by atoms with van der Waals surface area (Å²) in [5.74, 6) is 0. The van der Waals surface area contributed by atoms with E-state index in [2.05, 4.69) is 27.2 Å². The van der Waals surface area contributed by atoms with Gasteiger partial charge >= 0.3 is 0 Å². The molecule has 0 atom stereocenters. The first-order valence-electron chi connectivity index (χ1n) is 7.37. The molecule has 0 aromatic heterocycles. The summed E-state index contributed by atoms with van der Waals surface area (Å²) in [6, 6.07) is 6.27. The third-order valence-electron chi connectivity index (χ3n) is 4.00. The normalized spacial score (nSPS) is 21.1. The van der Waals surface area contributed by atoms with Gasteiger partial charge in [-0.3, -0.25) is 4.90 Å². The van der Waals surface area contributed by atoms with Crippen LogP contribution in [0, 0.1) is 0 Å². The fourth-order valence-corrected chi connectivity index (χ4v) is 3.10. The van der Waals surface area contributed by atoms with Crippen molar-refractivity contribution in [2.75, 3.05) is 57.4 Å². The third kappa shape index (κ3) is 3.44. The Morgan fingerprint density at radius 1 is 1.10 bits per heavy atom. The van der Waals surface area contributed by atoms with Crippen molar-refractivity contribution < 1.29 is 4.74 Å². The highest BCUT2D eigenvalue weighted by molar-refractivity contribution is 6.30. The number of halogens is 1. The highest BCUT2D eigenvalue weighted by Crippen LogP contribution is 2.26. The van der Waals surface area contributed by atoms with E-state index in [9.17, 15) is 0 Å². The van der Waals surface area contributed by atoms with Gasteiger partial charge in [0.1, 0.15) is 0 Å². The number of morpholine rings is 1. The SMILES string of the molecule is Clc1ccc(N2CCOCC2)c(CN2CCNCC2)c1. The quantitative estimate of drug-likeness (QED) is 0.916. The lowest BCUT2D eigenvalue weighted by atomic mass is 10.1. The van der Waals surface area contributed by atoms with Crippen molar-refractivity contribution >= 4 is 17.3 Å². The Bertz CT molecular complexity index is 443. The number of rotatable bonds is 3. The molecular formula is C15H22ClN3O. The fraction of sp³-hybridized carbons (Fsp3) is 0.600. The molecule has 1 N–H and O–H groups in total. The van der Waals surface area contributed by atoms with Gasteiger partial charge in [-0.05, 0) is 23.8 Å². The number of nitrogens with zero attached hydrogens (tertiary/aromatic N) is 2. The first-order chi connectivity index (χ1) is 9.83. The van der Waals surface area contributed by atoms with Crippen molar-refractivity contribution in [2.45, 2.75) is 6.54 Å². The second-order valence-electron chi connectivity index (χ2n) is 5.40. The van der Waals surface area contributed by atoms with E-state index < -0.39 is 0 Å². The molecule has 0 saturated carbocycles. The van der Waals surface area contributed by atoms with Crippen molar-refractivity contribution in [2.24, 2.45) is 0 Å². The smallest absolute Gasteiger partial charge is 0.0642 e. The monoisotopic (exact) mass is 295 g/mol. The standard InChI is InChI=1S/C15H22ClN3O/c16-14-1-2-15(19-7-9-20-10-8-19)13(11-14)12-18-5-3-17-4-6-18/h1-2,11,17H,3-10,12H2. The molecule has 2 aliphatic rings. The van der Waals surface area contributed by atoms with E-state index in [0.717, 1.165) is 64.0 Å². The summed E-state index contributed by atoms with van der Waals surface area (Å²) in [6.45, 7) is 8.91. The van der Waals surface area contributed by atoms with Gasteiger partial charge in [-0.2, -0.15) is 0 Å². The van der Waals surface area contributed by atoms with Crippen LogP contribution in [0.4, 0.5) is 5.69 Å². The summed E-state index contributed by atoms with van der Waals surface area (Å²) in [5, 5.41) is 4.22. The van der Waals surface area contributed by atoms with Crippen LogP contribution in [0.2, 0.25) is 5.02 Å². The highest BCUT2D eigenvalue weighted by atomic mass is 35.5.